The van der Waals surface area contributed by atoms with E-state index in [1.165, 1.54) is 21.7 Å². The minimum Gasteiger partial charge on any atom is -0.379 e. The summed E-state index contributed by atoms with van der Waals surface area (Å²) in [7, 11) is 4.12. The predicted octanol–water partition coefficient (Wildman–Crippen LogP) is 3.82. The minimum atomic E-state index is 0.741. The average molecular weight is 412 g/mol. The predicted molar refractivity (Wildman–Crippen MR) is 121 cm³/mol. The summed E-state index contributed by atoms with van der Waals surface area (Å²) >= 11 is 1.76. The number of anilines is 2. The largest absolute Gasteiger partial charge is 0.379 e. The quantitative estimate of drug-likeness (QED) is 0.666. The van der Waals surface area contributed by atoms with E-state index >= 15 is 0 Å². The molecule has 4 rings (SSSR count). The van der Waals surface area contributed by atoms with Gasteiger partial charge in [0, 0.05) is 44.3 Å². The number of aromatic nitrogens is 2. The third-order valence-corrected chi connectivity index (χ3v) is 6.56. The summed E-state index contributed by atoms with van der Waals surface area (Å²) in [5.41, 5.74) is 3.71. The van der Waals surface area contributed by atoms with Gasteiger partial charge in [-0.15, -0.1) is 11.3 Å². The summed E-state index contributed by atoms with van der Waals surface area (Å²) in [6.45, 7) is 9.27. The molecular formula is C22H29N5OS. The van der Waals surface area contributed by atoms with Crippen molar-refractivity contribution in [3.8, 4) is 0 Å². The molecule has 0 atom stereocenters. The third-order valence-electron chi connectivity index (χ3n) is 5.46. The average Bonchev–Trinajstić information content (AvgIpc) is 3.01. The molecule has 7 heteroatoms. The highest BCUT2D eigenvalue weighted by Crippen LogP contribution is 2.33. The Hall–Kier alpha value is -2.22. The van der Waals surface area contributed by atoms with Crippen LogP contribution < -0.4 is 10.2 Å². The van der Waals surface area contributed by atoms with Crippen LogP contribution in [-0.4, -0.2) is 55.3 Å². The summed E-state index contributed by atoms with van der Waals surface area (Å²) in [5.74, 6) is 1.82. The third kappa shape index (κ3) is 4.52. The molecule has 2 aromatic heterocycles. The van der Waals surface area contributed by atoms with Crippen LogP contribution in [0.4, 0.5) is 11.5 Å². The minimum absolute atomic E-state index is 0.741. The van der Waals surface area contributed by atoms with Gasteiger partial charge >= 0.3 is 0 Å². The molecule has 6 nitrogen and oxygen atoms in total. The van der Waals surface area contributed by atoms with Crippen LogP contribution in [0.5, 0.6) is 0 Å². The maximum Gasteiger partial charge on any atom is 0.146 e. The fourth-order valence-electron chi connectivity index (χ4n) is 3.55. The lowest BCUT2D eigenvalue weighted by Crippen LogP contribution is -2.36. The number of nitrogens with one attached hydrogen (secondary N) is 1. The van der Waals surface area contributed by atoms with Gasteiger partial charge in [-0.05, 0) is 37.1 Å². The Morgan fingerprint density at radius 3 is 2.52 bits per heavy atom. The fraction of sp³-hybridized carbons (Fsp3) is 0.455. The van der Waals surface area contributed by atoms with Crippen LogP contribution in [-0.2, 0) is 17.8 Å². The molecule has 154 valence electrons. The van der Waals surface area contributed by atoms with E-state index in [0.717, 1.165) is 61.3 Å². The van der Waals surface area contributed by atoms with Crippen LogP contribution in [0.25, 0.3) is 10.2 Å². The molecule has 0 bridgehead atoms. The molecule has 1 saturated heterocycles. The van der Waals surface area contributed by atoms with Crippen molar-refractivity contribution in [1.29, 1.82) is 0 Å². The molecule has 0 radical (unpaired) electrons. The molecule has 1 aromatic carbocycles. The molecular weight excluding hydrogens is 382 g/mol. The molecule has 1 aliphatic heterocycles. The lowest BCUT2D eigenvalue weighted by molar-refractivity contribution is 0.0331. The molecule has 29 heavy (non-hydrogen) atoms. The van der Waals surface area contributed by atoms with Gasteiger partial charge in [0.05, 0.1) is 25.1 Å². The summed E-state index contributed by atoms with van der Waals surface area (Å²) in [6.07, 6.45) is 0. The van der Waals surface area contributed by atoms with E-state index in [1.54, 1.807) is 11.3 Å². The lowest BCUT2D eigenvalue weighted by atomic mass is 10.2. The van der Waals surface area contributed by atoms with Crippen molar-refractivity contribution < 1.29 is 4.74 Å². The number of thiophene rings is 1. The Balaban J connectivity index is 1.58. The number of rotatable bonds is 6. The lowest BCUT2D eigenvalue weighted by Gasteiger charge is -2.25. The number of ether oxygens (including phenoxy) is 1. The second-order valence-electron chi connectivity index (χ2n) is 7.75. The van der Waals surface area contributed by atoms with Gasteiger partial charge < -0.3 is 15.0 Å². The van der Waals surface area contributed by atoms with Crippen LogP contribution in [0.15, 0.2) is 24.3 Å². The Labute approximate surface area is 176 Å². The smallest absolute Gasteiger partial charge is 0.146 e. The van der Waals surface area contributed by atoms with Crippen molar-refractivity contribution in [3.05, 3.63) is 46.1 Å². The molecule has 0 aliphatic carbocycles. The number of nitrogens with zero attached hydrogens (tertiary/aromatic N) is 4. The van der Waals surface area contributed by atoms with Gasteiger partial charge in [0.25, 0.3) is 0 Å². The second-order valence-corrected chi connectivity index (χ2v) is 8.96. The molecule has 3 aromatic rings. The highest BCUT2D eigenvalue weighted by molar-refractivity contribution is 7.18. The summed E-state index contributed by atoms with van der Waals surface area (Å²) < 4.78 is 5.47. The topological polar surface area (TPSA) is 53.5 Å². The Bertz CT molecular complexity index is 977. The molecule has 3 heterocycles. The number of benzene rings is 1. The highest BCUT2D eigenvalue weighted by atomic mass is 32.1. The van der Waals surface area contributed by atoms with Crippen molar-refractivity contribution >= 4 is 33.1 Å². The van der Waals surface area contributed by atoms with Crippen molar-refractivity contribution in [2.24, 2.45) is 0 Å². The number of hydrogen-bond acceptors (Lipinski definition) is 7. The van der Waals surface area contributed by atoms with Crippen molar-refractivity contribution in [2.45, 2.75) is 26.9 Å². The highest BCUT2D eigenvalue weighted by Gasteiger charge is 2.17. The van der Waals surface area contributed by atoms with E-state index in [-0.39, 0.29) is 0 Å². The number of aryl methyl sites for hydroxylation is 2. The van der Waals surface area contributed by atoms with Crippen LogP contribution in [0.1, 0.15) is 21.8 Å². The van der Waals surface area contributed by atoms with E-state index in [9.17, 15) is 0 Å². The Morgan fingerprint density at radius 2 is 1.83 bits per heavy atom. The van der Waals surface area contributed by atoms with E-state index in [1.807, 2.05) is 0 Å². The first-order valence-corrected chi connectivity index (χ1v) is 10.9. The van der Waals surface area contributed by atoms with E-state index in [0.29, 0.717) is 0 Å². The van der Waals surface area contributed by atoms with Crippen molar-refractivity contribution in [3.63, 3.8) is 0 Å². The number of fused-ring (bicyclic) bond motifs is 1. The molecule has 0 amide bonds. The fourth-order valence-corrected chi connectivity index (χ4v) is 4.60. The van der Waals surface area contributed by atoms with Gasteiger partial charge in [-0.25, -0.2) is 9.97 Å². The Morgan fingerprint density at radius 1 is 1.10 bits per heavy atom. The number of morpholine rings is 1. The van der Waals surface area contributed by atoms with Gasteiger partial charge in [0.2, 0.25) is 0 Å². The van der Waals surface area contributed by atoms with E-state index in [2.05, 4.69) is 67.3 Å². The molecule has 1 aliphatic rings. The van der Waals surface area contributed by atoms with Gasteiger partial charge in [-0.1, -0.05) is 12.1 Å². The first-order chi connectivity index (χ1) is 14.0. The zero-order valence-corrected chi connectivity index (χ0v) is 18.5. The first-order valence-electron chi connectivity index (χ1n) is 10.1. The van der Waals surface area contributed by atoms with Gasteiger partial charge in [0.1, 0.15) is 16.5 Å². The van der Waals surface area contributed by atoms with Crippen LogP contribution in [0.2, 0.25) is 0 Å². The summed E-state index contributed by atoms with van der Waals surface area (Å²) in [5, 5.41) is 4.74. The monoisotopic (exact) mass is 411 g/mol. The van der Waals surface area contributed by atoms with E-state index in [4.69, 9.17) is 14.7 Å². The maximum atomic E-state index is 5.47. The van der Waals surface area contributed by atoms with Gasteiger partial charge in [0.15, 0.2) is 0 Å². The molecule has 0 unspecified atom stereocenters. The SMILES string of the molecule is Cc1sc2nc(CN3CCOCC3)nc(NCc3ccc(N(C)C)cc3)c2c1C. The van der Waals surface area contributed by atoms with Crippen LogP contribution in [0.3, 0.4) is 0 Å². The van der Waals surface area contributed by atoms with Gasteiger partial charge in [-0.2, -0.15) is 0 Å². The van der Waals surface area contributed by atoms with Crippen molar-refractivity contribution in [1.82, 2.24) is 14.9 Å². The van der Waals surface area contributed by atoms with Crippen LogP contribution >= 0.6 is 11.3 Å². The maximum absolute atomic E-state index is 5.47. The second kappa shape index (κ2) is 8.65. The summed E-state index contributed by atoms with van der Waals surface area (Å²) in [6, 6.07) is 8.63. The van der Waals surface area contributed by atoms with E-state index < -0.39 is 0 Å². The standard InChI is InChI=1S/C22H29N5OS/c1-15-16(2)29-22-20(15)21(23-13-17-5-7-18(8-6-17)26(3)4)24-19(25-22)14-27-9-11-28-12-10-27/h5-8H,9-14H2,1-4H3,(H,23,24,25). The Kier molecular flexibility index (Phi) is 5.99. The van der Waals surface area contributed by atoms with Crippen LogP contribution in [0, 0.1) is 13.8 Å². The van der Waals surface area contributed by atoms with Crippen molar-refractivity contribution in [2.75, 3.05) is 50.6 Å². The zero-order valence-electron chi connectivity index (χ0n) is 17.7. The molecule has 1 fully saturated rings. The van der Waals surface area contributed by atoms with Gasteiger partial charge in [-0.3, -0.25) is 4.90 Å². The molecule has 0 saturated carbocycles. The molecule has 0 spiro atoms. The molecule has 1 N–H and O–H groups in total. The zero-order chi connectivity index (χ0) is 20.4. The first kappa shape index (κ1) is 20.1. The summed E-state index contributed by atoms with van der Waals surface area (Å²) in [4.78, 5) is 16.7. The number of hydrogen-bond donors (Lipinski definition) is 1. The normalized spacial score (nSPS) is 15.0.